The second-order valence-electron chi connectivity index (χ2n) is 4.38. The molecule has 0 amide bonds. The van der Waals surface area contributed by atoms with Gasteiger partial charge in [-0.05, 0) is 18.8 Å². The highest BCUT2D eigenvalue weighted by atomic mass is 16.5. The second-order valence-corrected chi connectivity index (χ2v) is 4.38. The third-order valence-electron chi connectivity index (χ3n) is 1.97. The largest absolute Gasteiger partial charge is 0.459 e. The minimum atomic E-state index is -1.22. The Hall–Kier alpha value is -1.27. The average molecular weight is 210 g/mol. The fourth-order valence-electron chi connectivity index (χ4n) is 1.24. The maximum absolute atomic E-state index is 10.8. The number of carbonyl (C=O) groups is 1. The molecular formula is C12H18O3. The van der Waals surface area contributed by atoms with E-state index in [1.807, 2.05) is 13.8 Å². The monoisotopic (exact) mass is 210 g/mol. The number of ether oxygens (including phenoxy) is 1. The molecule has 0 aromatic heterocycles. The Morgan fingerprint density at radius 1 is 1.53 bits per heavy atom. The molecule has 0 bridgehead atoms. The van der Waals surface area contributed by atoms with Crippen molar-refractivity contribution in [2.24, 2.45) is 5.41 Å². The molecule has 1 atom stereocenters. The molecule has 3 heteroatoms. The van der Waals surface area contributed by atoms with Crippen LogP contribution in [-0.2, 0) is 9.53 Å². The smallest absolute Gasteiger partial charge is 0.384 e. The van der Waals surface area contributed by atoms with Gasteiger partial charge in [-0.15, -0.1) is 6.58 Å². The summed E-state index contributed by atoms with van der Waals surface area (Å²) in [5.41, 5.74) is -1.44. The van der Waals surface area contributed by atoms with E-state index >= 15 is 0 Å². The van der Waals surface area contributed by atoms with Crippen molar-refractivity contribution in [3.8, 4) is 11.8 Å². The third kappa shape index (κ3) is 5.92. The summed E-state index contributed by atoms with van der Waals surface area (Å²) in [5, 5.41) is 9.90. The van der Waals surface area contributed by atoms with E-state index in [4.69, 9.17) is 0 Å². The highest BCUT2D eigenvalue weighted by Crippen LogP contribution is 2.28. The van der Waals surface area contributed by atoms with E-state index in [0.29, 0.717) is 6.42 Å². The molecule has 0 radical (unpaired) electrons. The van der Waals surface area contributed by atoms with Crippen LogP contribution in [0.3, 0.4) is 0 Å². The van der Waals surface area contributed by atoms with E-state index < -0.39 is 11.6 Å². The molecule has 0 aliphatic carbocycles. The lowest BCUT2D eigenvalue weighted by atomic mass is 9.81. The lowest BCUT2D eigenvalue weighted by Gasteiger charge is -2.27. The molecular weight excluding hydrogens is 192 g/mol. The minimum absolute atomic E-state index is 0.228. The van der Waals surface area contributed by atoms with Crippen molar-refractivity contribution in [2.75, 3.05) is 7.11 Å². The Morgan fingerprint density at radius 2 is 2.07 bits per heavy atom. The molecule has 0 aliphatic rings. The van der Waals surface area contributed by atoms with Crippen LogP contribution in [0.1, 0.15) is 27.2 Å². The fourth-order valence-corrected chi connectivity index (χ4v) is 1.24. The lowest BCUT2D eigenvalue weighted by molar-refractivity contribution is -0.133. The van der Waals surface area contributed by atoms with Crippen LogP contribution in [0.4, 0.5) is 0 Å². The van der Waals surface area contributed by atoms with E-state index in [1.54, 1.807) is 13.0 Å². The molecule has 0 fully saturated rings. The molecule has 0 aromatic carbocycles. The Labute approximate surface area is 91.1 Å². The summed E-state index contributed by atoms with van der Waals surface area (Å²) in [4.78, 5) is 10.8. The first-order chi connectivity index (χ1) is 6.72. The van der Waals surface area contributed by atoms with Gasteiger partial charge in [0.25, 0.3) is 0 Å². The first-order valence-corrected chi connectivity index (χ1v) is 4.69. The van der Waals surface area contributed by atoms with E-state index in [9.17, 15) is 9.90 Å². The number of aliphatic hydroxyl groups is 1. The number of hydrogen-bond donors (Lipinski definition) is 1. The van der Waals surface area contributed by atoms with Crippen molar-refractivity contribution in [2.45, 2.75) is 32.8 Å². The molecule has 0 rings (SSSR count). The Kier molecular flexibility index (Phi) is 4.57. The van der Waals surface area contributed by atoms with E-state index in [1.165, 1.54) is 7.11 Å². The highest BCUT2D eigenvalue weighted by molar-refractivity contribution is 5.88. The normalized spacial score (nSPS) is 14.5. The first kappa shape index (κ1) is 13.7. The van der Waals surface area contributed by atoms with E-state index in [2.05, 4.69) is 23.2 Å². The molecule has 0 spiro atoms. The minimum Gasteiger partial charge on any atom is -0.459 e. The molecule has 0 heterocycles. The summed E-state index contributed by atoms with van der Waals surface area (Å²) in [6, 6.07) is 0. The summed E-state index contributed by atoms with van der Waals surface area (Å²) in [6.07, 6.45) is 2.16. The SMILES string of the molecule is C=CC(C)(C)CC(C)(O)C#CC(=O)OC. The van der Waals surface area contributed by atoms with E-state index in [-0.39, 0.29) is 5.41 Å². The zero-order chi connectivity index (χ0) is 12.1. The van der Waals surface area contributed by atoms with E-state index in [0.717, 1.165) is 0 Å². The van der Waals surface area contributed by atoms with Crippen LogP contribution in [0.2, 0.25) is 0 Å². The topological polar surface area (TPSA) is 46.5 Å². The summed E-state index contributed by atoms with van der Waals surface area (Å²) < 4.78 is 4.36. The van der Waals surface area contributed by atoms with Gasteiger partial charge in [-0.2, -0.15) is 0 Å². The standard InChI is InChI=1S/C12H18O3/c1-6-11(2,3)9-12(4,14)8-7-10(13)15-5/h6,14H,1,9H2,2-5H3. The van der Waals surface area contributed by atoms with Crippen molar-refractivity contribution < 1.29 is 14.6 Å². The van der Waals surface area contributed by atoms with Gasteiger partial charge in [-0.1, -0.05) is 25.8 Å². The van der Waals surface area contributed by atoms with Gasteiger partial charge >= 0.3 is 5.97 Å². The van der Waals surface area contributed by atoms with Crippen LogP contribution >= 0.6 is 0 Å². The number of esters is 1. The highest BCUT2D eigenvalue weighted by Gasteiger charge is 2.26. The Bertz CT molecular complexity index is 303. The fraction of sp³-hybridized carbons (Fsp3) is 0.583. The summed E-state index contributed by atoms with van der Waals surface area (Å²) in [5.74, 6) is 4.06. The Morgan fingerprint density at radius 3 is 2.47 bits per heavy atom. The number of allylic oxidation sites excluding steroid dienone is 1. The predicted molar refractivity (Wildman–Crippen MR) is 59.0 cm³/mol. The zero-order valence-electron chi connectivity index (χ0n) is 9.76. The van der Waals surface area contributed by atoms with Gasteiger partial charge in [0.2, 0.25) is 0 Å². The molecule has 1 unspecified atom stereocenters. The van der Waals surface area contributed by atoms with Gasteiger partial charge in [0.15, 0.2) is 0 Å². The summed E-state index contributed by atoms with van der Waals surface area (Å²) in [7, 11) is 1.25. The maximum atomic E-state index is 10.8. The summed E-state index contributed by atoms with van der Waals surface area (Å²) >= 11 is 0. The molecule has 15 heavy (non-hydrogen) atoms. The number of hydrogen-bond acceptors (Lipinski definition) is 3. The Balaban J connectivity index is 4.61. The van der Waals surface area contributed by atoms with Crippen LogP contribution in [0.25, 0.3) is 0 Å². The molecule has 0 aliphatic heterocycles. The second kappa shape index (κ2) is 4.99. The first-order valence-electron chi connectivity index (χ1n) is 4.69. The third-order valence-corrected chi connectivity index (χ3v) is 1.97. The average Bonchev–Trinajstić information content (AvgIpc) is 2.13. The van der Waals surface area contributed by atoms with Gasteiger partial charge in [0.1, 0.15) is 5.60 Å². The molecule has 1 N–H and O–H groups in total. The predicted octanol–water partition coefficient (Wildman–Crippen LogP) is 1.52. The van der Waals surface area contributed by atoms with Crippen molar-refractivity contribution in [1.82, 2.24) is 0 Å². The van der Waals surface area contributed by atoms with Gasteiger partial charge in [-0.3, -0.25) is 0 Å². The summed E-state index contributed by atoms with van der Waals surface area (Å²) in [6.45, 7) is 9.12. The molecule has 0 saturated heterocycles. The number of methoxy groups -OCH3 is 1. The molecule has 3 nitrogen and oxygen atoms in total. The quantitative estimate of drug-likeness (QED) is 0.332. The van der Waals surface area contributed by atoms with Gasteiger partial charge in [0.05, 0.1) is 7.11 Å². The van der Waals surface area contributed by atoms with Crippen LogP contribution in [-0.4, -0.2) is 23.8 Å². The van der Waals surface area contributed by atoms with Gasteiger partial charge in [0, 0.05) is 5.92 Å². The van der Waals surface area contributed by atoms with Crippen LogP contribution in [0.5, 0.6) is 0 Å². The van der Waals surface area contributed by atoms with Gasteiger partial charge in [-0.25, -0.2) is 4.79 Å². The van der Waals surface area contributed by atoms with Crippen molar-refractivity contribution >= 4 is 5.97 Å². The van der Waals surface area contributed by atoms with Crippen molar-refractivity contribution in [3.05, 3.63) is 12.7 Å². The number of carbonyl (C=O) groups excluding carboxylic acids is 1. The number of rotatable bonds is 3. The van der Waals surface area contributed by atoms with Crippen LogP contribution in [0, 0.1) is 17.3 Å². The van der Waals surface area contributed by atoms with Crippen molar-refractivity contribution in [3.63, 3.8) is 0 Å². The molecule has 0 saturated carbocycles. The van der Waals surface area contributed by atoms with Crippen LogP contribution in [0.15, 0.2) is 12.7 Å². The zero-order valence-corrected chi connectivity index (χ0v) is 9.76. The molecule has 0 aromatic rings. The van der Waals surface area contributed by atoms with Crippen molar-refractivity contribution in [1.29, 1.82) is 0 Å². The molecule has 84 valence electrons. The maximum Gasteiger partial charge on any atom is 0.384 e. The lowest BCUT2D eigenvalue weighted by Crippen LogP contribution is -2.29. The van der Waals surface area contributed by atoms with Gasteiger partial charge < -0.3 is 9.84 Å². The van der Waals surface area contributed by atoms with Crippen LogP contribution < -0.4 is 0 Å².